The Kier molecular flexibility index (Phi) is 5.92. The van der Waals surface area contributed by atoms with Gasteiger partial charge in [0.15, 0.2) is 5.65 Å². The van der Waals surface area contributed by atoms with Gasteiger partial charge >= 0.3 is 0 Å². The Morgan fingerprint density at radius 1 is 1.09 bits per heavy atom. The Bertz CT molecular complexity index is 1230. The van der Waals surface area contributed by atoms with Crippen LogP contribution in [0.3, 0.4) is 0 Å². The first kappa shape index (κ1) is 21.7. The van der Waals surface area contributed by atoms with Crippen LogP contribution in [0.4, 0.5) is 17.3 Å². The van der Waals surface area contributed by atoms with Gasteiger partial charge < -0.3 is 20.4 Å². The summed E-state index contributed by atoms with van der Waals surface area (Å²) in [5.41, 5.74) is 3.40. The lowest BCUT2D eigenvalue weighted by atomic mass is 9.73. The molecule has 0 atom stereocenters. The highest BCUT2D eigenvalue weighted by Gasteiger charge is 2.36. The number of aliphatic hydroxyl groups is 2. The number of aliphatic hydroxyl groups excluding tert-OH is 2. The molecular formula is C23H26ClN7O2. The first-order valence-electron chi connectivity index (χ1n) is 11.0. The minimum absolute atomic E-state index is 0.0303. The second kappa shape index (κ2) is 9.01. The third-order valence-corrected chi connectivity index (χ3v) is 6.63. The number of halogens is 1. The SMILES string of the molecule is OCCn1cc(Nc2nc3c(N4CCC(CO)(c5ccc(Cl)cc5)CC4)cccn3n2)cn1. The lowest BCUT2D eigenvalue weighted by molar-refractivity contribution is 0.165. The van der Waals surface area contributed by atoms with Crippen molar-refractivity contribution in [3.8, 4) is 0 Å². The topological polar surface area (TPSA) is 104 Å². The zero-order valence-electron chi connectivity index (χ0n) is 18.1. The van der Waals surface area contributed by atoms with Gasteiger partial charge in [0.25, 0.3) is 0 Å². The van der Waals surface area contributed by atoms with Crippen molar-refractivity contribution in [1.82, 2.24) is 24.4 Å². The standard InChI is InChI=1S/C23H26ClN7O2/c24-18-5-3-17(4-6-18)23(16-33)7-10-29(11-8-23)20-2-1-9-31-21(20)27-22(28-31)26-19-14-25-30(15-19)12-13-32/h1-6,9,14-15,32-33H,7-8,10-13,16H2,(H,26,28). The molecule has 9 nitrogen and oxygen atoms in total. The van der Waals surface area contributed by atoms with Crippen LogP contribution in [0, 0.1) is 0 Å². The Balaban J connectivity index is 1.35. The van der Waals surface area contributed by atoms with Crippen LogP contribution in [0.15, 0.2) is 55.0 Å². The molecule has 1 aliphatic heterocycles. The summed E-state index contributed by atoms with van der Waals surface area (Å²) in [6.07, 6.45) is 7.02. The zero-order chi connectivity index (χ0) is 22.8. The highest BCUT2D eigenvalue weighted by atomic mass is 35.5. The molecule has 0 amide bonds. The van der Waals surface area contributed by atoms with Gasteiger partial charge in [0, 0.05) is 35.9 Å². The molecule has 3 aromatic heterocycles. The van der Waals surface area contributed by atoms with Crippen molar-refractivity contribution >= 4 is 34.6 Å². The summed E-state index contributed by atoms with van der Waals surface area (Å²) in [4.78, 5) is 7.01. The van der Waals surface area contributed by atoms with Crippen molar-refractivity contribution in [3.63, 3.8) is 0 Å². The monoisotopic (exact) mass is 467 g/mol. The molecular weight excluding hydrogens is 442 g/mol. The van der Waals surface area contributed by atoms with E-state index in [1.54, 1.807) is 21.6 Å². The van der Waals surface area contributed by atoms with Crippen LogP contribution in [-0.2, 0) is 12.0 Å². The van der Waals surface area contributed by atoms with Crippen molar-refractivity contribution in [2.45, 2.75) is 24.8 Å². The van der Waals surface area contributed by atoms with Crippen LogP contribution in [0.5, 0.6) is 0 Å². The zero-order valence-corrected chi connectivity index (χ0v) is 18.9. The molecule has 0 spiro atoms. The van der Waals surface area contributed by atoms with Gasteiger partial charge in [-0.25, -0.2) is 4.52 Å². The number of hydrogen-bond donors (Lipinski definition) is 3. The van der Waals surface area contributed by atoms with Gasteiger partial charge in [-0.05, 0) is 42.7 Å². The maximum absolute atomic E-state index is 10.3. The number of nitrogens with zero attached hydrogens (tertiary/aromatic N) is 6. The number of hydrogen-bond acceptors (Lipinski definition) is 7. The van der Waals surface area contributed by atoms with Crippen LogP contribution < -0.4 is 10.2 Å². The van der Waals surface area contributed by atoms with Crippen LogP contribution in [0.25, 0.3) is 5.65 Å². The molecule has 0 unspecified atom stereocenters. The van der Waals surface area contributed by atoms with Gasteiger partial charge in [0.05, 0.1) is 37.3 Å². The van der Waals surface area contributed by atoms with Gasteiger partial charge in [-0.15, -0.1) is 5.10 Å². The highest BCUT2D eigenvalue weighted by Crippen LogP contribution is 2.37. The van der Waals surface area contributed by atoms with Crippen LogP contribution in [0.1, 0.15) is 18.4 Å². The highest BCUT2D eigenvalue weighted by molar-refractivity contribution is 6.30. The summed E-state index contributed by atoms with van der Waals surface area (Å²) in [7, 11) is 0. The summed E-state index contributed by atoms with van der Waals surface area (Å²) >= 11 is 6.06. The van der Waals surface area contributed by atoms with Crippen molar-refractivity contribution in [3.05, 3.63) is 65.6 Å². The normalized spacial score (nSPS) is 15.8. The maximum atomic E-state index is 10.3. The molecule has 1 fully saturated rings. The van der Waals surface area contributed by atoms with E-state index in [2.05, 4.69) is 26.5 Å². The van der Waals surface area contributed by atoms with Crippen molar-refractivity contribution in [1.29, 1.82) is 0 Å². The molecule has 0 aliphatic carbocycles. The van der Waals surface area contributed by atoms with E-state index in [0.29, 0.717) is 17.5 Å². The van der Waals surface area contributed by atoms with E-state index in [-0.39, 0.29) is 18.6 Å². The lowest BCUT2D eigenvalue weighted by Gasteiger charge is -2.42. The Hall–Kier alpha value is -3.14. The van der Waals surface area contributed by atoms with Crippen LogP contribution in [0.2, 0.25) is 5.02 Å². The van der Waals surface area contributed by atoms with E-state index in [9.17, 15) is 5.11 Å². The molecule has 5 rings (SSSR count). The lowest BCUT2D eigenvalue weighted by Crippen LogP contribution is -2.45. The van der Waals surface area contributed by atoms with Crippen molar-refractivity contribution < 1.29 is 10.2 Å². The van der Waals surface area contributed by atoms with E-state index in [4.69, 9.17) is 21.7 Å². The minimum atomic E-state index is -0.263. The predicted octanol–water partition coefficient (Wildman–Crippen LogP) is 2.85. The average molecular weight is 468 g/mol. The van der Waals surface area contributed by atoms with E-state index in [1.807, 2.05) is 36.5 Å². The molecule has 3 N–H and O–H groups in total. The summed E-state index contributed by atoms with van der Waals surface area (Å²) in [5, 5.41) is 31.9. The first-order chi connectivity index (χ1) is 16.1. The number of rotatable bonds is 7. The Morgan fingerprint density at radius 3 is 2.61 bits per heavy atom. The third-order valence-electron chi connectivity index (χ3n) is 6.38. The fraction of sp³-hybridized carbons (Fsp3) is 0.348. The summed E-state index contributed by atoms with van der Waals surface area (Å²) in [6.45, 7) is 2.17. The summed E-state index contributed by atoms with van der Waals surface area (Å²) in [5.74, 6) is 0.480. The molecule has 0 radical (unpaired) electrons. The number of aromatic nitrogens is 5. The quantitative estimate of drug-likeness (QED) is 0.384. The van der Waals surface area contributed by atoms with Crippen molar-refractivity contribution in [2.75, 3.05) is 36.5 Å². The molecule has 172 valence electrons. The molecule has 1 saturated heterocycles. The molecule has 0 saturated carbocycles. The second-order valence-corrected chi connectivity index (χ2v) is 8.81. The molecule has 4 heterocycles. The molecule has 4 aromatic rings. The van der Waals surface area contributed by atoms with E-state index in [0.717, 1.165) is 48.5 Å². The Morgan fingerprint density at radius 2 is 1.88 bits per heavy atom. The number of benzene rings is 1. The number of anilines is 3. The van der Waals surface area contributed by atoms with Crippen molar-refractivity contribution in [2.24, 2.45) is 0 Å². The van der Waals surface area contributed by atoms with Crippen LogP contribution >= 0.6 is 11.6 Å². The van der Waals surface area contributed by atoms with Gasteiger partial charge in [-0.2, -0.15) is 10.1 Å². The molecule has 1 aromatic carbocycles. The van der Waals surface area contributed by atoms with E-state index in [1.165, 1.54) is 0 Å². The fourth-order valence-electron chi connectivity index (χ4n) is 4.49. The second-order valence-electron chi connectivity index (χ2n) is 8.37. The van der Waals surface area contributed by atoms with E-state index >= 15 is 0 Å². The number of nitrogens with one attached hydrogen (secondary N) is 1. The first-order valence-corrected chi connectivity index (χ1v) is 11.4. The molecule has 33 heavy (non-hydrogen) atoms. The molecule has 1 aliphatic rings. The average Bonchev–Trinajstić information content (AvgIpc) is 3.46. The third kappa shape index (κ3) is 4.27. The number of fused-ring (bicyclic) bond motifs is 1. The number of pyridine rings is 1. The smallest absolute Gasteiger partial charge is 0.247 e. The predicted molar refractivity (Wildman–Crippen MR) is 127 cm³/mol. The number of piperidine rings is 1. The maximum Gasteiger partial charge on any atom is 0.247 e. The largest absolute Gasteiger partial charge is 0.395 e. The van der Waals surface area contributed by atoms with E-state index < -0.39 is 0 Å². The minimum Gasteiger partial charge on any atom is -0.395 e. The van der Waals surface area contributed by atoms with Crippen LogP contribution in [-0.4, -0.2) is 60.9 Å². The Labute approximate surface area is 196 Å². The summed E-state index contributed by atoms with van der Waals surface area (Å²) in [6, 6.07) is 11.8. The van der Waals surface area contributed by atoms with Gasteiger partial charge in [-0.1, -0.05) is 23.7 Å². The fourth-order valence-corrected chi connectivity index (χ4v) is 4.62. The van der Waals surface area contributed by atoms with Gasteiger partial charge in [0.1, 0.15) is 0 Å². The molecule has 0 bridgehead atoms. The van der Waals surface area contributed by atoms with Gasteiger partial charge in [-0.3, -0.25) is 4.68 Å². The molecule has 10 heteroatoms. The van der Waals surface area contributed by atoms with Gasteiger partial charge in [0.2, 0.25) is 5.95 Å². The summed E-state index contributed by atoms with van der Waals surface area (Å²) < 4.78 is 3.42.